The Balaban J connectivity index is 1.60. The Morgan fingerprint density at radius 2 is 1.02 bits per heavy atom. The normalized spacial score (nSPS) is 23.8. The Kier molecular flexibility index (Phi) is 10.6. The molecule has 0 aromatic heterocycles. The van der Waals surface area contributed by atoms with Crippen LogP contribution >= 0.6 is 15.8 Å². The molecule has 0 spiro atoms. The van der Waals surface area contributed by atoms with Crippen LogP contribution in [0.3, 0.4) is 0 Å². The van der Waals surface area contributed by atoms with E-state index < -0.39 is 31.4 Å². The summed E-state index contributed by atoms with van der Waals surface area (Å²) in [5.74, 6) is 0.325. The fourth-order valence-electron chi connectivity index (χ4n) is 8.46. The molecule has 0 aliphatic heterocycles. The maximum Gasteiger partial charge on any atom is 0.416 e. The standard InChI is InChI=1S/C35H46F6P2/c1-23-17-26(34(36,37)38)21-30(19-23)43(31-20-24(2)18-27(22-31)35(39,40)41)33-16-10-15-32(33)25(3)42(28-11-6-4-7-12-28)29-13-8-5-9-14-29/h17-22,25,28-29,32-33H,4-16H2,1-3H3/t25-,32?,33+/m1/s1. The van der Waals surface area contributed by atoms with Gasteiger partial charge in [0.25, 0.3) is 0 Å². The molecule has 3 aliphatic carbocycles. The minimum absolute atomic E-state index is 0.0768. The van der Waals surface area contributed by atoms with Gasteiger partial charge in [-0.2, -0.15) is 26.3 Å². The molecule has 0 saturated heterocycles. The summed E-state index contributed by atoms with van der Waals surface area (Å²) < 4.78 is 84.4. The quantitative estimate of drug-likeness (QED) is 0.208. The summed E-state index contributed by atoms with van der Waals surface area (Å²) in [5, 5.41) is 1.15. The van der Waals surface area contributed by atoms with Crippen LogP contribution in [0, 0.1) is 19.8 Å². The van der Waals surface area contributed by atoms with Crippen molar-refractivity contribution in [1.82, 2.24) is 0 Å². The van der Waals surface area contributed by atoms with Crippen LogP contribution in [0.15, 0.2) is 36.4 Å². The highest BCUT2D eigenvalue weighted by atomic mass is 31.1. The van der Waals surface area contributed by atoms with Gasteiger partial charge in [-0.15, -0.1) is 0 Å². The molecule has 238 valence electrons. The second-order valence-corrected chi connectivity index (χ2v) is 19.0. The van der Waals surface area contributed by atoms with Crippen LogP contribution in [0.25, 0.3) is 0 Å². The number of hydrogen-bond acceptors (Lipinski definition) is 0. The largest absolute Gasteiger partial charge is 0.416 e. The van der Waals surface area contributed by atoms with Crippen LogP contribution in [0.1, 0.15) is 113 Å². The number of hydrogen-bond donors (Lipinski definition) is 0. The van der Waals surface area contributed by atoms with E-state index >= 15 is 0 Å². The maximum atomic E-state index is 14.1. The summed E-state index contributed by atoms with van der Waals surface area (Å²) in [7, 11) is -1.70. The van der Waals surface area contributed by atoms with E-state index in [1.165, 1.54) is 76.3 Å². The van der Waals surface area contributed by atoms with E-state index in [9.17, 15) is 26.3 Å². The van der Waals surface area contributed by atoms with Crippen LogP contribution in [-0.4, -0.2) is 22.6 Å². The van der Waals surface area contributed by atoms with Crippen molar-refractivity contribution in [2.24, 2.45) is 5.92 Å². The lowest BCUT2D eigenvalue weighted by molar-refractivity contribution is -0.138. The topological polar surface area (TPSA) is 0 Å². The fraction of sp³-hybridized carbons (Fsp3) is 0.657. The molecule has 1 unspecified atom stereocenters. The molecule has 0 N–H and O–H groups in total. The van der Waals surface area contributed by atoms with Crippen LogP contribution in [0.4, 0.5) is 26.3 Å². The minimum atomic E-state index is -4.51. The molecule has 3 fully saturated rings. The van der Waals surface area contributed by atoms with Gasteiger partial charge in [0.15, 0.2) is 0 Å². The van der Waals surface area contributed by atoms with Gasteiger partial charge in [0.1, 0.15) is 0 Å². The summed E-state index contributed by atoms with van der Waals surface area (Å²) in [6.07, 6.45) is 6.79. The molecule has 3 saturated carbocycles. The molecule has 43 heavy (non-hydrogen) atoms. The Bertz CT molecular complexity index is 1140. The van der Waals surface area contributed by atoms with Crippen LogP contribution in [-0.2, 0) is 12.4 Å². The molecule has 0 bridgehead atoms. The maximum absolute atomic E-state index is 14.1. The van der Waals surface area contributed by atoms with Crippen LogP contribution in [0.2, 0.25) is 0 Å². The van der Waals surface area contributed by atoms with Gasteiger partial charge in [0.05, 0.1) is 11.1 Å². The number of rotatable bonds is 7. The van der Waals surface area contributed by atoms with E-state index in [-0.39, 0.29) is 13.6 Å². The lowest BCUT2D eigenvalue weighted by atomic mass is 9.99. The third-order valence-corrected chi connectivity index (χ3v) is 17.3. The van der Waals surface area contributed by atoms with Gasteiger partial charge >= 0.3 is 12.4 Å². The lowest BCUT2D eigenvalue weighted by Gasteiger charge is -2.46. The zero-order valence-electron chi connectivity index (χ0n) is 25.7. The third-order valence-electron chi connectivity index (χ3n) is 10.3. The van der Waals surface area contributed by atoms with Crippen molar-refractivity contribution >= 4 is 26.5 Å². The number of halogens is 6. The zero-order chi connectivity index (χ0) is 30.9. The van der Waals surface area contributed by atoms with Gasteiger partial charge in [-0.05, 0) is 135 Å². The minimum Gasteiger partial charge on any atom is -0.166 e. The van der Waals surface area contributed by atoms with E-state index in [1.54, 1.807) is 13.8 Å². The average Bonchev–Trinajstić information content (AvgIpc) is 3.42. The van der Waals surface area contributed by atoms with Gasteiger partial charge in [0.2, 0.25) is 0 Å². The van der Waals surface area contributed by atoms with E-state index in [4.69, 9.17) is 0 Å². The zero-order valence-corrected chi connectivity index (χ0v) is 27.5. The molecular weight excluding hydrogens is 596 g/mol. The average molecular weight is 643 g/mol. The van der Waals surface area contributed by atoms with Crippen molar-refractivity contribution in [2.75, 3.05) is 0 Å². The smallest absolute Gasteiger partial charge is 0.166 e. The molecule has 0 radical (unpaired) electrons. The van der Waals surface area contributed by atoms with Crippen molar-refractivity contribution in [2.45, 2.75) is 139 Å². The molecule has 0 amide bonds. The first kappa shape index (κ1) is 33.2. The lowest BCUT2D eigenvalue weighted by Crippen LogP contribution is -2.35. The van der Waals surface area contributed by atoms with Crippen molar-refractivity contribution in [3.05, 3.63) is 58.7 Å². The first-order chi connectivity index (χ1) is 20.3. The summed E-state index contributed by atoms with van der Waals surface area (Å²) in [4.78, 5) is 0. The summed E-state index contributed by atoms with van der Waals surface area (Å²) in [5.41, 5.74) is 1.67. The number of alkyl halides is 6. The molecular formula is C35H46F6P2. The summed E-state index contributed by atoms with van der Waals surface area (Å²) in [6.45, 7) is 5.77. The van der Waals surface area contributed by atoms with E-state index in [0.717, 1.165) is 42.7 Å². The third kappa shape index (κ3) is 7.82. The van der Waals surface area contributed by atoms with Crippen LogP contribution in [0.5, 0.6) is 0 Å². The van der Waals surface area contributed by atoms with Crippen molar-refractivity contribution in [3.8, 4) is 0 Å². The van der Waals surface area contributed by atoms with Gasteiger partial charge in [-0.3, -0.25) is 0 Å². The SMILES string of the molecule is Cc1cc(P(c2cc(C)cc(C(F)(F)F)c2)[C@H]2CCCC2[C@@H](C)P(C2CCCCC2)C2CCCCC2)cc(C(F)(F)F)c1. The summed E-state index contributed by atoms with van der Waals surface area (Å²) in [6, 6.07) is 8.46. The predicted molar refractivity (Wildman–Crippen MR) is 170 cm³/mol. The van der Waals surface area contributed by atoms with E-state index in [2.05, 4.69) is 6.92 Å². The van der Waals surface area contributed by atoms with Crippen molar-refractivity contribution < 1.29 is 26.3 Å². The Morgan fingerprint density at radius 1 is 0.581 bits per heavy atom. The van der Waals surface area contributed by atoms with E-state index in [0.29, 0.717) is 33.3 Å². The summed E-state index contributed by atoms with van der Waals surface area (Å²) >= 11 is 0. The second-order valence-electron chi connectivity index (χ2n) is 13.4. The predicted octanol–water partition coefficient (Wildman–Crippen LogP) is 11.5. The number of benzene rings is 2. The van der Waals surface area contributed by atoms with Gasteiger partial charge < -0.3 is 0 Å². The highest BCUT2D eigenvalue weighted by molar-refractivity contribution is 7.73. The van der Waals surface area contributed by atoms with Crippen LogP contribution < -0.4 is 10.6 Å². The van der Waals surface area contributed by atoms with Gasteiger partial charge in [-0.25, -0.2) is 0 Å². The monoisotopic (exact) mass is 642 g/mol. The Morgan fingerprint density at radius 3 is 1.44 bits per heavy atom. The molecule has 3 aliphatic rings. The molecule has 2 aromatic rings. The Hall–Kier alpha value is -1.12. The second kappa shape index (κ2) is 13.7. The molecule has 2 aromatic carbocycles. The first-order valence-electron chi connectivity index (χ1n) is 16.3. The van der Waals surface area contributed by atoms with E-state index in [1.807, 2.05) is 12.1 Å². The highest BCUT2D eigenvalue weighted by Gasteiger charge is 2.45. The molecule has 3 atom stereocenters. The fourth-order valence-corrected chi connectivity index (χ4v) is 16.8. The Labute approximate surface area is 256 Å². The molecule has 8 heteroatoms. The number of aryl methyl sites for hydroxylation is 2. The van der Waals surface area contributed by atoms with Gasteiger partial charge in [0, 0.05) is 0 Å². The molecule has 0 heterocycles. The first-order valence-corrected chi connectivity index (χ1v) is 19.2. The van der Waals surface area contributed by atoms with Crippen molar-refractivity contribution in [1.29, 1.82) is 0 Å². The highest BCUT2D eigenvalue weighted by Crippen LogP contribution is 2.64. The van der Waals surface area contributed by atoms with Gasteiger partial charge in [-0.1, -0.05) is 71.9 Å². The molecule has 0 nitrogen and oxygen atoms in total. The molecule has 5 rings (SSSR count). The van der Waals surface area contributed by atoms with Crippen molar-refractivity contribution in [3.63, 3.8) is 0 Å².